The summed E-state index contributed by atoms with van der Waals surface area (Å²) in [6.07, 6.45) is -4.51. The van der Waals surface area contributed by atoms with Gasteiger partial charge in [-0.2, -0.15) is 18.4 Å². The maximum Gasteiger partial charge on any atom is 0.405 e. The van der Waals surface area contributed by atoms with Crippen molar-refractivity contribution >= 4 is 0 Å². The molecule has 3 nitrogen and oxygen atoms in total. The van der Waals surface area contributed by atoms with E-state index >= 15 is 0 Å². The molecule has 2 atom stereocenters. The summed E-state index contributed by atoms with van der Waals surface area (Å²) in [5.41, 5.74) is 0.754. The van der Waals surface area contributed by atoms with Gasteiger partial charge in [0.25, 0.3) is 0 Å². The molecule has 6 heteroatoms. The molecule has 0 saturated carbocycles. The van der Waals surface area contributed by atoms with E-state index in [0.29, 0.717) is 5.75 Å². The fourth-order valence-corrected chi connectivity index (χ4v) is 1.66. The van der Waals surface area contributed by atoms with Crippen molar-refractivity contribution in [2.24, 2.45) is 5.92 Å². The highest BCUT2D eigenvalue weighted by Crippen LogP contribution is 2.27. The van der Waals surface area contributed by atoms with E-state index in [1.165, 1.54) is 13.2 Å². The highest BCUT2D eigenvalue weighted by atomic mass is 19.4. The SMILES string of the molecule is COc1ccccc1[C@@H](C)NCC(C#N)C(F)(F)F. The minimum absolute atomic E-state index is 0.339. The zero-order chi connectivity index (χ0) is 14.5. The Bertz CT molecular complexity index is 454. The normalized spacial score (nSPS) is 14.5. The molecular weight excluding hydrogens is 257 g/mol. The third-order valence-corrected chi connectivity index (χ3v) is 2.78. The van der Waals surface area contributed by atoms with E-state index in [-0.39, 0.29) is 6.04 Å². The predicted octanol–water partition coefficient (Wildman–Crippen LogP) is 3.05. The minimum atomic E-state index is -4.51. The number of rotatable bonds is 5. The monoisotopic (exact) mass is 272 g/mol. The number of alkyl halides is 3. The molecule has 0 spiro atoms. The third-order valence-electron chi connectivity index (χ3n) is 2.78. The highest BCUT2D eigenvalue weighted by Gasteiger charge is 2.39. The van der Waals surface area contributed by atoms with Crippen molar-refractivity contribution in [3.63, 3.8) is 0 Å². The molecule has 0 aromatic heterocycles. The van der Waals surface area contributed by atoms with Crippen LogP contribution in [0.1, 0.15) is 18.5 Å². The Morgan fingerprint density at radius 3 is 2.53 bits per heavy atom. The molecule has 1 aromatic rings. The number of ether oxygens (including phenoxy) is 1. The molecule has 0 aliphatic heterocycles. The van der Waals surface area contributed by atoms with Gasteiger partial charge in [-0.15, -0.1) is 0 Å². The number of halogens is 3. The van der Waals surface area contributed by atoms with Crippen molar-refractivity contribution in [3.05, 3.63) is 29.8 Å². The lowest BCUT2D eigenvalue weighted by atomic mass is 10.1. The van der Waals surface area contributed by atoms with Crippen LogP contribution in [0.3, 0.4) is 0 Å². The summed E-state index contributed by atoms with van der Waals surface area (Å²) in [7, 11) is 1.50. The Hall–Kier alpha value is -1.74. The van der Waals surface area contributed by atoms with E-state index in [9.17, 15) is 13.2 Å². The number of benzene rings is 1. The lowest BCUT2D eigenvalue weighted by Crippen LogP contribution is -2.33. The van der Waals surface area contributed by atoms with Crippen LogP contribution in [0, 0.1) is 17.2 Å². The molecule has 0 aliphatic carbocycles. The summed E-state index contributed by atoms with van der Waals surface area (Å²) in [4.78, 5) is 0. The van der Waals surface area contributed by atoms with Gasteiger partial charge in [-0.1, -0.05) is 18.2 Å². The number of nitrogens with zero attached hydrogens (tertiary/aromatic N) is 1. The molecule has 1 unspecified atom stereocenters. The quantitative estimate of drug-likeness (QED) is 0.896. The summed E-state index contributed by atoms with van der Waals surface area (Å²) in [6, 6.07) is 7.98. The maximum atomic E-state index is 12.4. The van der Waals surface area contributed by atoms with Gasteiger partial charge >= 0.3 is 6.18 Å². The minimum Gasteiger partial charge on any atom is -0.496 e. The molecule has 1 N–H and O–H groups in total. The summed E-state index contributed by atoms with van der Waals surface area (Å²) in [6.45, 7) is 1.28. The number of nitrogens with one attached hydrogen (secondary N) is 1. The first kappa shape index (κ1) is 15.3. The van der Waals surface area contributed by atoms with Crippen LogP contribution in [0.2, 0.25) is 0 Å². The average Bonchev–Trinajstić information content (AvgIpc) is 2.37. The molecule has 0 heterocycles. The van der Waals surface area contributed by atoms with Crippen molar-refractivity contribution in [2.45, 2.75) is 19.1 Å². The molecule has 1 rings (SSSR count). The first-order valence-corrected chi connectivity index (χ1v) is 5.72. The van der Waals surface area contributed by atoms with E-state index in [0.717, 1.165) is 5.56 Å². The Kier molecular flexibility index (Phi) is 5.19. The van der Waals surface area contributed by atoms with E-state index < -0.39 is 18.6 Å². The van der Waals surface area contributed by atoms with Gasteiger partial charge in [-0.25, -0.2) is 0 Å². The standard InChI is InChI=1S/C13H15F3N2O/c1-9(11-5-3-4-6-12(11)19-2)18-8-10(7-17)13(14,15)16/h3-6,9-10,18H,8H2,1-2H3/t9-,10?/m1/s1. The van der Waals surface area contributed by atoms with E-state index in [2.05, 4.69) is 5.32 Å². The fraction of sp³-hybridized carbons (Fsp3) is 0.462. The van der Waals surface area contributed by atoms with Gasteiger partial charge in [0, 0.05) is 18.2 Å². The maximum absolute atomic E-state index is 12.4. The first-order valence-electron chi connectivity index (χ1n) is 5.72. The van der Waals surface area contributed by atoms with Gasteiger partial charge < -0.3 is 10.1 Å². The molecule has 0 fully saturated rings. The van der Waals surface area contributed by atoms with Gasteiger partial charge in [0.05, 0.1) is 13.2 Å². The van der Waals surface area contributed by atoms with Crippen molar-refractivity contribution < 1.29 is 17.9 Å². The molecule has 0 radical (unpaired) electrons. The molecule has 0 saturated heterocycles. The van der Waals surface area contributed by atoms with E-state index in [1.807, 2.05) is 0 Å². The van der Waals surface area contributed by atoms with E-state index in [4.69, 9.17) is 10.00 Å². The molecule has 0 bridgehead atoms. The molecule has 104 valence electrons. The number of hydrogen-bond donors (Lipinski definition) is 1. The Labute approximate surface area is 110 Å². The lowest BCUT2D eigenvalue weighted by molar-refractivity contribution is -0.157. The summed E-state index contributed by atoms with van der Waals surface area (Å²) in [5, 5.41) is 11.2. The van der Waals surface area contributed by atoms with Gasteiger partial charge in [-0.05, 0) is 13.0 Å². The summed E-state index contributed by atoms with van der Waals surface area (Å²) >= 11 is 0. The predicted molar refractivity (Wildman–Crippen MR) is 64.6 cm³/mol. The molecule has 1 aromatic carbocycles. The third kappa shape index (κ3) is 4.14. The topological polar surface area (TPSA) is 45.0 Å². The largest absolute Gasteiger partial charge is 0.496 e. The van der Waals surface area contributed by atoms with Gasteiger partial charge in [0.15, 0.2) is 5.92 Å². The van der Waals surface area contributed by atoms with Crippen LogP contribution in [0.25, 0.3) is 0 Å². The van der Waals surface area contributed by atoms with Gasteiger partial charge in [0.2, 0.25) is 0 Å². The van der Waals surface area contributed by atoms with Crippen LogP contribution in [0.15, 0.2) is 24.3 Å². The molecule has 0 aliphatic rings. The van der Waals surface area contributed by atoms with Gasteiger partial charge in [0.1, 0.15) is 5.75 Å². The van der Waals surface area contributed by atoms with Crippen LogP contribution in [-0.2, 0) is 0 Å². The molecule has 19 heavy (non-hydrogen) atoms. The zero-order valence-electron chi connectivity index (χ0n) is 10.7. The fourth-order valence-electron chi connectivity index (χ4n) is 1.66. The Morgan fingerprint density at radius 2 is 2.00 bits per heavy atom. The van der Waals surface area contributed by atoms with Crippen LogP contribution < -0.4 is 10.1 Å². The number of nitriles is 1. The number of hydrogen-bond acceptors (Lipinski definition) is 3. The van der Waals surface area contributed by atoms with Crippen molar-refractivity contribution in [1.82, 2.24) is 5.32 Å². The van der Waals surface area contributed by atoms with Crippen LogP contribution in [0.4, 0.5) is 13.2 Å². The van der Waals surface area contributed by atoms with Gasteiger partial charge in [-0.3, -0.25) is 0 Å². The van der Waals surface area contributed by atoms with Crippen molar-refractivity contribution in [2.75, 3.05) is 13.7 Å². The smallest absolute Gasteiger partial charge is 0.405 e. The van der Waals surface area contributed by atoms with Crippen molar-refractivity contribution in [3.8, 4) is 11.8 Å². The second kappa shape index (κ2) is 6.43. The second-order valence-electron chi connectivity index (χ2n) is 4.10. The Morgan fingerprint density at radius 1 is 1.37 bits per heavy atom. The summed E-state index contributed by atoms with van der Waals surface area (Å²) < 4.78 is 42.4. The summed E-state index contributed by atoms with van der Waals surface area (Å²) in [5.74, 6) is -1.41. The van der Waals surface area contributed by atoms with Crippen molar-refractivity contribution in [1.29, 1.82) is 5.26 Å². The first-order chi connectivity index (χ1) is 8.90. The number of methoxy groups -OCH3 is 1. The average molecular weight is 272 g/mol. The molecule has 0 amide bonds. The zero-order valence-corrected chi connectivity index (χ0v) is 10.7. The van der Waals surface area contributed by atoms with E-state index in [1.54, 1.807) is 31.2 Å². The number of para-hydroxylation sites is 1. The lowest BCUT2D eigenvalue weighted by Gasteiger charge is -2.20. The molecular formula is C13H15F3N2O. The van der Waals surface area contributed by atoms with Crippen LogP contribution in [0.5, 0.6) is 5.75 Å². The van der Waals surface area contributed by atoms with Crippen LogP contribution in [-0.4, -0.2) is 19.8 Å². The Balaban J connectivity index is 2.70. The second-order valence-corrected chi connectivity index (χ2v) is 4.10. The highest BCUT2D eigenvalue weighted by molar-refractivity contribution is 5.35. The van der Waals surface area contributed by atoms with Crippen LogP contribution >= 0.6 is 0 Å².